The topological polar surface area (TPSA) is 57.6 Å². The van der Waals surface area contributed by atoms with Gasteiger partial charge in [-0.1, -0.05) is 27.7 Å². The van der Waals surface area contributed by atoms with Crippen LogP contribution in [-0.2, 0) is 9.59 Å². The molecule has 2 rings (SSSR count). The fourth-order valence-corrected chi connectivity index (χ4v) is 3.93. The van der Waals surface area contributed by atoms with E-state index in [1.54, 1.807) is 4.90 Å². The van der Waals surface area contributed by atoms with E-state index in [0.29, 0.717) is 24.4 Å². The molecule has 1 aliphatic heterocycles. The third kappa shape index (κ3) is 3.58. The lowest BCUT2D eigenvalue weighted by Gasteiger charge is -2.37. The molecule has 0 aromatic rings. The molecule has 2 atom stereocenters. The van der Waals surface area contributed by atoms with Crippen molar-refractivity contribution in [3.8, 4) is 0 Å². The van der Waals surface area contributed by atoms with E-state index in [1.165, 1.54) is 0 Å². The van der Waals surface area contributed by atoms with Gasteiger partial charge in [-0.2, -0.15) is 0 Å². The van der Waals surface area contributed by atoms with Crippen molar-refractivity contribution in [3.63, 3.8) is 0 Å². The number of amides is 1. The van der Waals surface area contributed by atoms with Crippen LogP contribution >= 0.6 is 0 Å². The number of carboxylic acid groups (broad SMARTS) is 1. The predicted molar refractivity (Wildman–Crippen MR) is 81.8 cm³/mol. The average Bonchev–Trinajstić information content (AvgIpc) is 2.79. The number of hydrogen-bond donors (Lipinski definition) is 1. The molecule has 0 aromatic carbocycles. The summed E-state index contributed by atoms with van der Waals surface area (Å²) >= 11 is 0. The molecule has 1 N–H and O–H groups in total. The van der Waals surface area contributed by atoms with E-state index in [0.717, 1.165) is 25.7 Å². The van der Waals surface area contributed by atoms with Gasteiger partial charge < -0.3 is 10.0 Å². The molecule has 1 heterocycles. The Bertz CT molecular complexity index is 405. The summed E-state index contributed by atoms with van der Waals surface area (Å²) < 4.78 is 0. The first-order chi connectivity index (χ1) is 9.70. The van der Waals surface area contributed by atoms with Crippen molar-refractivity contribution in [3.05, 3.63) is 0 Å². The lowest BCUT2D eigenvalue weighted by atomic mass is 9.69. The van der Waals surface area contributed by atoms with Crippen LogP contribution in [0.2, 0.25) is 0 Å². The van der Waals surface area contributed by atoms with Crippen molar-refractivity contribution in [1.29, 1.82) is 0 Å². The first kappa shape index (κ1) is 16.3. The number of carbonyl (C=O) groups excluding carboxylic acids is 1. The molecule has 0 aromatic heterocycles. The minimum Gasteiger partial charge on any atom is -0.481 e. The van der Waals surface area contributed by atoms with Crippen molar-refractivity contribution in [2.75, 3.05) is 13.1 Å². The molecular formula is C17H29NO3. The summed E-state index contributed by atoms with van der Waals surface area (Å²) in [5.74, 6) is -0.0846. The van der Waals surface area contributed by atoms with Crippen molar-refractivity contribution in [2.45, 2.75) is 53.4 Å². The van der Waals surface area contributed by atoms with Crippen molar-refractivity contribution < 1.29 is 14.7 Å². The number of carbonyl (C=O) groups is 2. The predicted octanol–water partition coefficient (Wildman–Crippen LogP) is 3.02. The van der Waals surface area contributed by atoms with Gasteiger partial charge in [0.2, 0.25) is 5.91 Å². The lowest BCUT2D eigenvalue weighted by molar-refractivity contribution is -0.142. The van der Waals surface area contributed by atoms with E-state index in [2.05, 4.69) is 20.8 Å². The normalized spacial score (nSPS) is 34.0. The van der Waals surface area contributed by atoms with Crippen molar-refractivity contribution >= 4 is 11.9 Å². The van der Waals surface area contributed by atoms with Gasteiger partial charge in [0.15, 0.2) is 0 Å². The Hall–Kier alpha value is -1.06. The number of likely N-dealkylation sites (tertiary alicyclic amines) is 1. The standard InChI is InChI=1S/C17H29NO3/c1-11-9-18(10-14(11)16(20)21)15(19)12-5-7-13(8-6-12)17(2,3)4/h11-14H,5-10H2,1-4H3,(H,20,21)/t11-,12?,13?,14-/m1/s1. The molecule has 120 valence electrons. The van der Waals surface area contributed by atoms with Crippen LogP contribution in [0.25, 0.3) is 0 Å². The molecule has 2 aliphatic rings. The van der Waals surface area contributed by atoms with Gasteiger partial charge in [0.05, 0.1) is 5.92 Å². The maximum Gasteiger partial charge on any atom is 0.308 e. The van der Waals surface area contributed by atoms with E-state index < -0.39 is 5.97 Å². The Balaban J connectivity index is 1.90. The highest BCUT2D eigenvalue weighted by molar-refractivity contribution is 5.81. The van der Waals surface area contributed by atoms with Gasteiger partial charge in [-0.05, 0) is 42.9 Å². The molecule has 1 amide bonds. The van der Waals surface area contributed by atoms with Crippen LogP contribution in [0.15, 0.2) is 0 Å². The summed E-state index contributed by atoms with van der Waals surface area (Å²) in [6.45, 7) is 9.77. The number of aliphatic carboxylic acids is 1. The Morgan fingerprint density at radius 3 is 2.05 bits per heavy atom. The average molecular weight is 295 g/mol. The van der Waals surface area contributed by atoms with Crippen LogP contribution in [0.4, 0.5) is 0 Å². The van der Waals surface area contributed by atoms with Crippen molar-refractivity contribution in [1.82, 2.24) is 4.90 Å². The van der Waals surface area contributed by atoms with Crippen LogP contribution in [0.5, 0.6) is 0 Å². The van der Waals surface area contributed by atoms with Gasteiger partial charge in [0.25, 0.3) is 0 Å². The van der Waals surface area contributed by atoms with Gasteiger partial charge >= 0.3 is 5.97 Å². The van der Waals surface area contributed by atoms with Crippen LogP contribution in [-0.4, -0.2) is 35.0 Å². The second-order valence-corrected chi connectivity index (χ2v) is 8.08. The quantitative estimate of drug-likeness (QED) is 0.852. The van der Waals surface area contributed by atoms with E-state index >= 15 is 0 Å². The first-order valence-electron chi connectivity index (χ1n) is 8.21. The van der Waals surface area contributed by atoms with Crippen LogP contribution in [0, 0.1) is 29.1 Å². The number of rotatable bonds is 2. The van der Waals surface area contributed by atoms with E-state index in [4.69, 9.17) is 0 Å². The SMILES string of the molecule is C[C@@H]1CN(C(=O)C2CCC(C(C)(C)C)CC2)C[C@H]1C(=O)O. The summed E-state index contributed by atoms with van der Waals surface area (Å²) in [5, 5.41) is 9.18. The first-order valence-corrected chi connectivity index (χ1v) is 8.21. The Labute approximate surface area is 127 Å². The summed E-state index contributed by atoms with van der Waals surface area (Å²) in [4.78, 5) is 25.6. The maximum atomic E-state index is 12.6. The molecule has 1 saturated heterocycles. The highest BCUT2D eigenvalue weighted by Crippen LogP contribution is 2.40. The Kier molecular flexibility index (Phi) is 4.64. The molecule has 4 heteroatoms. The molecule has 2 fully saturated rings. The fourth-order valence-electron chi connectivity index (χ4n) is 3.93. The number of hydrogen-bond acceptors (Lipinski definition) is 2. The zero-order valence-electron chi connectivity index (χ0n) is 13.8. The van der Waals surface area contributed by atoms with Crippen LogP contribution in [0.1, 0.15) is 53.4 Å². The van der Waals surface area contributed by atoms with Crippen molar-refractivity contribution in [2.24, 2.45) is 29.1 Å². The van der Waals surface area contributed by atoms with Gasteiger partial charge in [0.1, 0.15) is 0 Å². The minimum atomic E-state index is -0.769. The Morgan fingerprint density at radius 1 is 1.05 bits per heavy atom. The third-order valence-electron chi connectivity index (χ3n) is 5.54. The number of nitrogens with zero attached hydrogens (tertiary/aromatic N) is 1. The smallest absolute Gasteiger partial charge is 0.308 e. The zero-order valence-corrected chi connectivity index (χ0v) is 13.8. The highest BCUT2D eigenvalue weighted by Gasteiger charge is 2.40. The summed E-state index contributed by atoms with van der Waals surface area (Å²) in [5.41, 5.74) is 0.324. The van der Waals surface area contributed by atoms with Gasteiger partial charge in [0, 0.05) is 19.0 Å². The molecule has 0 spiro atoms. The molecule has 21 heavy (non-hydrogen) atoms. The zero-order chi connectivity index (χ0) is 15.8. The summed E-state index contributed by atoms with van der Waals surface area (Å²) in [6, 6.07) is 0. The second kappa shape index (κ2) is 5.98. The van der Waals surface area contributed by atoms with Gasteiger partial charge in [-0.3, -0.25) is 9.59 Å². The summed E-state index contributed by atoms with van der Waals surface area (Å²) in [7, 11) is 0. The molecule has 0 unspecified atom stereocenters. The molecular weight excluding hydrogens is 266 g/mol. The summed E-state index contributed by atoms with van der Waals surface area (Å²) in [6.07, 6.45) is 4.16. The fraction of sp³-hybridized carbons (Fsp3) is 0.882. The van der Waals surface area contributed by atoms with E-state index in [1.807, 2.05) is 6.92 Å². The van der Waals surface area contributed by atoms with Gasteiger partial charge in [-0.15, -0.1) is 0 Å². The number of carboxylic acids is 1. The maximum absolute atomic E-state index is 12.6. The van der Waals surface area contributed by atoms with E-state index in [-0.39, 0.29) is 23.7 Å². The Morgan fingerprint density at radius 2 is 1.62 bits per heavy atom. The molecule has 4 nitrogen and oxygen atoms in total. The largest absolute Gasteiger partial charge is 0.481 e. The van der Waals surface area contributed by atoms with Crippen LogP contribution < -0.4 is 0 Å². The minimum absolute atomic E-state index is 0.0670. The highest BCUT2D eigenvalue weighted by atomic mass is 16.4. The van der Waals surface area contributed by atoms with Crippen LogP contribution in [0.3, 0.4) is 0 Å². The molecule has 1 aliphatic carbocycles. The monoisotopic (exact) mass is 295 g/mol. The lowest BCUT2D eigenvalue weighted by Crippen LogP contribution is -2.38. The van der Waals surface area contributed by atoms with Gasteiger partial charge in [-0.25, -0.2) is 0 Å². The third-order valence-corrected chi connectivity index (χ3v) is 5.54. The van der Waals surface area contributed by atoms with E-state index in [9.17, 15) is 14.7 Å². The second-order valence-electron chi connectivity index (χ2n) is 8.08. The molecule has 1 saturated carbocycles. The molecule has 0 bridgehead atoms. The molecule has 0 radical (unpaired) electrons.